The van der Waals surface area contributed by atoms with Gasteiger partial charge < -0.3 is 9.72 Å². The first-order chi connectivity index (χ1) is 21.3. The summed E-state index contributed by atoms with van der Waals surface area (Å²) >= 11 is 8.96. The van der Waals surface area contributed by atoms with Gasteiger partial charge >= 0.3 is 4.87 Å². The Kier molecular flexibility index (Phi) is 6.48. The summed E-state index contributed by atoms with van der Waals surface area (Å²) < 4.78 is 6.01. The average molecular weight is 646 g/mol. The number of carbonyl (C=O) groups is 2. The maximum absolute atomic E-state index is 13.9. The zero-order chi connectivity index (χ0) is 30.3. The maximum Gasteiger partial charge on any atom is 0.305 e. The lowest BCUT2D eigenvalue weighted by Gasteiger charge is -2.43. The van der Waals surface area contributed by atoms with Crippen LogP contribution in [0.5, 0.6) is 5.75 Å². The first-order valence-corrected chi connectivity index (χ1v) is 16.3. The first-order valence-electron chi connectivity index (χ1n) is 14.3. The van der Waals surface area contributed by atoms with Crippen LogP contribution in [0, 0.1) is 39.7 Å². The van der Waals surface area contributed by atoms with E-state index in [-0.39, 0.29) is 51.3 Å². The minimum absolute atomic E-state index is 0.0150. The van der Waals surface area contributed by atoms with E-state index >= 15 is 0 Å². The van der Waals surface area contributed by atoms with Crippen molar-refractivity contribution in [2.45, 2.75) is 29.2 Å². The topological polar surface area (TPSA) is 123 Å². The molecule has 0 unspecified atom stereocenters. The van der Waals surface area contributed by atoms with E-state index in [1.165, 1.54) is 40.5 Å². The van der Waals surface area contributed by atoms with Crippen LogP contribution in [0.15, 0.2) is 82.6 Å². The van der Waals surface area contributed by atoms with Crippen LogP contribution in [0.3, 0.4) is 0 Å². The summed E-state index contributed by atoms with van der Waals surface area (Å²) in [5.74, 6) is -0.734. The molecule has 0 radical (unpaired) electrons. The van der Waals surface area contributed by atoms with E-state index in [4.69, 9.17) is 16.3 Å². The number of carbonyl (C=O) groups excluding carboxylic acids is 2. The van der Waals surface area contributed by atoms with Gasteiger partial charge in [0.15, 0.2) is 0 Å². The third kappa shape index (κ3) is 4.24. The highest BCUT2D eigenvalue weighted by Crippen LogP contribution is 2.68. The molecule has 2 aliphatic carbocycles. The van der Waals surface area contributed by atoms with E-state index in [0.29, 0.717) is 23.1 Å². The Morgan fingerprint density at radius 2 is 1.70 bits per heavy atom. The van der Waals surface area contributed by atoms with E-state index in [9.17, 15) is 24.5 Å². The second-order valence-corrected chi connectivity index (χ2v) is 14.4. The number of amides is 2. The molecule has 12 heteroatoms. The average Bonchev–Trinajstić information content (AvgIpc) is 3.75. The van der Waals surface area contributed by atoms with E-state index in [0.717, 1.165) is 27.5 Å². The van der Waals surface area contributed by atoms with Crippen molar-refractivity contribution in [3.63, 3.8) is 0 Å². The van der Waals surface area contributed by atoms with Crippen molar-refractivity contribution in [3.05, 3.63) is 114 Å². The molecule has 2 amide bonds. The van der Waals surface area contributed by atoms with Crippen LogP contribution in [-0.4, -0.2) is 27.0 Å². The molecular weight excluding hydrogens is 622 g/mol. The summed E-state index contributed by atoms with van der Waals surface area (Å²) in [6, 6.07) is 21.0. The fourth-order valence-electron chi connectivity index (χ4n) is 7.93. The number of thioether (sulfide) groups is 1. The highest BCUT2D eigenvalue weighted by Gasteiger charge is 2.69. The molecule has 2 saturated carbocycles. The number of rotatable bonds is 6. The number of ether oxygens (including phenoxy) is 1. The number of non-ortho nitro benzene ring substituents is 1. The summed E-state index contributed by atoms with van der Waals surface area (Å²) in [5, 5.41) is 12.7. The monoisotopic (exact) mass is 645 g/mol. The number of aromatic nitrogens is 1. The number of nitro groups is 1. The minimum Gasteiger partial charge on any atom is -0.489 e. The van der Waals surface area contributed by atoms with Crippen molar-refractivity contribution < 1.29 is 19.2 Å². The number of H-pyrrole nitrogens is 1. The normalized spacial score (nSPS) is 28.1. The number of fused-ring (bicyclic) bond motifs is 9. The zero-order valence-corrected chi connectivity index (χ0v) is 25.3. The molecule has 4 aromatic rings. The largest absolute Gasteiger partial charge is 0.489 e. The first kappa shape index (κ1) is 27.6. The van der Waals surface area contributed by atoms with Crippen LogP contribution >= 0.6 is 34.7 Å². The second kappa shape index (κ2) is 10.3. The van der Waals surface area contributed by atoms with Crippen LogP contribution in [0.1, 0.15) is 28.3 Å². The number of hydrogen-bond acceptors (Lipinski definition) is 8. The quantitative estimate of drug-likeness (QED) is 0.149. The summed E-state index contributed by atoms with van der Waals surface area (Å²) in [6.45, 7) is 0.377. The van der Waals surface area contributed by atoms with Crippen molar-refractivity contribution in [1.29, 1.82) is 0 Å². The van der Waals surface area contributed by atoms with Crippen LogP contribution in [-0.2, 0) is 16.2 Å². The van der Waals surface area contributed by atoms with Crippen molar-refractivity contribution >= 4 is 57.9 Å². The molecule has 3 fully saturated rings. The predicted molar refractivity (Wildman–Crippen MR) is 166 cm³/mol. The number of benzene rings is 3. The van der Waals surface area contributed by atoms with Gasteiger partial charge in [-0.1, -0.05) is 47.2 Å². The highest BCUT2D eigenvalue weighted by molar-refractivity contribution is 8.00. The van der Waals surface area contributed by atoms with Gasteiger partial charge in [-0.2, -0.15) is 0 Å². The molecule has 1 aromatic heterocycles. The fraction of sp³-hybridized carbons (Fsp3) is 0.281. The van der Waals surface area contributed by atoms with Gasteiger partial charge in [0.25, 0.3) is 5.69 Å². The summed E-state index contributed by atoms with van der Waals surface area (Å²) in [5.41, 5.74) is 2.27. The summed E-state index contributed by atoms with van der Waals surface area (Å²) in [7, 11) is 0. The van der Waals surface area contributed by atoms with Gasteiger partial charge in [-0.25, -0.2) is 0 Å². The lowest BCUT2D eigenvalue weighted by Crippen LogP contribution is -2.42. The number of hydrogen-bond donors (Lipinski definition) is 1. The number of thiazole rings is 1. The number of halogens is 1. The molecule has 222 valence electrons. The standard InChI is InChI=1S/C32H24ClN3O6S2/c33-17-3-1-2-15(12-17)14-42-20-10-4-16(5-11-20)23-24-21-13-22(27(24)43-29-28(23)44-32(39)34-29)26-25(21)30(37)35(31(26)38)18-6-8-19(9-7-18)36(40)41/h1-12,21-27H,13-14H2,(H,34,39)/t21-,22-,23+,24+,25+,26+,27-/m1/s1. The Bertz CT molecular complexity index is 1890. The van der Waals surface area contributed by atoms with Crippen LogP contribution in [0.4, 0.5) is 11.4 Å². The molecular formula is C32H24ClN3O6S2. The van der Waals surface area contributed by atoms with Crippen molar-refractivity contribution in [2.24, 2.45) is 29.6 Å². The molecule has 0 spiro atoms. The van der Waals surface area contributed by atoms with Gasteiger partial charge in [-0.05, 0) is 71.7 Å². The third-order valence-corrected chi connectivity index (χ3v) is 12.4. The predicted octanol–water partition coefficient (Wildman–Crippen LogP) is 6.25. The molecule has 7 atom stereocenters. The van der Waals surface area contributed by atoms with Gasteiger partial charge in [-0.15, -0.1) is 11.8 Å². The van der Waals surface area contributed by atoms with E-state index < -0.39 is 16.8 Å². The van der Waals surface area contributed by atoms with Gasteiger partial charge in [0.05, 0.1) is 27.5 Å². The van der Waals surface area contributed by atoms with Crippen molar-refractivity contribution in [2.75, 3.05) is 4.90 Å². The van der Waals surface area contributed by atoms with Gasteiger partial charge in [0, 0.05) is 33.2 Å². The molecule has 1 N–H and O–H groups in total. The maximum atomic E-state index is 13.9. The lowest BCUT2D eigenvalue weighted by atomic mass is 9.68. The molecule has 3 heterocycles. The number of anilines is 1. The SMILES string of the molecule is O=C1[C@H]2[C@H]3C[C@@H]([C@@H]2C(=O)N1c1ccc([N+](=O)[O-])cc1)[C@H]1[C@H](c2ccc(OCc4cccc(Cl)c4)cc2)c2sc(=O)[nH]c2S[C@H]31. The smallest absolute Gasteiger partial charge is 0.305 e. The second-order valence-electron chi connectivity index (χ2n) is 11.7. The van der Waals surface area contributed by atoms with Crippen molar-refractivity contribution in [1.82, 2.24) is 4.98 Å². The van der Waals surface area contributed by atoms with Gasteiger partial charge in [0.2, 0.25) is 11.8 Å². The molecule has 3 aromatic carbocycles. The Morgan fingerprint density at radius 3 is 2.41 bits per heavy atom. The van der Waals surface area contributed by atoms with Crippen LogP contribution in [0.25, 0.3) is 0 Å². The van der Waals surface area contributed by atoms with Crippen LogP contribution < -0.4 is 14.5 Å². The number of imide groups is 1. The third-order valence-electron chi connectivity index (χ3n) is 9.58. The van der Waals surface area contributed by atoms with E-state index in [1.54, 1.807) is 11.8 Å². The van der Waals surface area contributed by atoms with E-state index in [2.05, 4.69) is 4.98 Å². The Labute approximate surface area is 264 Å². The molecule has 1 saturated heterocycles. The molecule has 9 nitrogen and oxygen atoms in total. The lowest BCUT2D eigenvalue weighted by molar-refractivity contribution is -0.384. The number of nitro benzene ring substituents is 1. The van der Waals surface area contributed by atoms with Crippen molar-refractivity contribution in [3.8, 4) is 5.75 Å². The Morgan fingerprint density at radius 1 is 0.977 bits per heavy atom. The molecule has 4 aliphatic rings. The summed E-state index contributed by atoms with van der Waals surface area (Å²) in [6.07, 6.45) is 0.778. The molecule has 8 rings (SSSR count). The zero-order valence-electron chi connectivity index (χ0n) is 22.9. The molecule has 44 heavy (non-hydrogen) atoms. The Hall–Kier alpha value is -3.93. The van der Waals surface area contributed by atoms with Gasteiger partial charge in [0.1, 0.15) is 12.4 Å². The Balaban J connectivity index is 1.10. The number of nitrogens with one attached hydrogen (secondary N) is 1. The molecule has 2 bridgehead atoms. The number of aromatic amines is 1. The molecule has 2 aliphatic heterocycles. The highest BCUT2D eigenvalue weighted by atomic mass is 35.5. The minimum atomic E-state index is -0.505. The van der Waals surface area contributed by atoms with Crippen LogP contribution in [0.2, 0.25) is 5.02 Å². The van der Waals surface area contributed by atoms with Gasteiger partial charge in [-0.3, -0.25) is 29.4 Å². The number of nitrogens with zero attached hydrogens (tertiary/aromatic N) is 2. The summed E-state index contributed by atoms with van der Waals surface area (Å²) in [4.78, 5) is 56.0. The fourth-order valence-corrected chi connectivity index (χ4v) is 11.0. The van der Waals surface area contributed by atoms with E-state index in [1.807, 2.05) is 48.5 Å².